The van der Waals surface area contributed by atoms with E-state index in [1.165, 1.54) is 29.2 Å². The first-order chi connectivity index (χ1) is 16.5. The Morgan fingerprint density at radius 1 is 1.03 bits per heavy atom. The predicted octanol–water partition coefficient (Wildman–Crippen LogP) is 4.30. The number of carbonyl (C=O) groups is 2. The van der Waals surface area contributed by atoms with Gasteiger partial charge in [-0.3, -0.25) is 20.4 Å². The van der Waals surface area contributed by atoms with Crippen molar-refractivity contribution in [3.63, 3.8) is 0 Å². The summed E-state index contributed by atoms with van der Waals surface area (Å²) in [7, 11) is 0. The minimum atomic E-state index is -0.523. The molecule has 1 saturated heterocycles. The van der Waals surface area contributed by atoms with Crippen LogP contribution in [0.4, 0.5) is 15.8 Å². The van der Waals surface area contributed by atoms with Crippen LogP contribution in [0.25, 0.3) is 0 Å². The number of nitrogens with one attached hydrogen (secondary N) is 2. The number of hydrogen-bond donors (Lipinski definition) is 2. The molecule has 34 heavy (non-hydrogen) atoms. The van der Waals surface area contributed by atoms with Gasteiger partial charge in [-0.2, -0.15) is 0 Å². The number of rotatable bonds is 9. The Balaban J connectivity index is 1.35. The zero-order chi connectivity index (χ0) is 23.9. The lowest BCUT2D eigenvalue weighted by atomic mass is 10.1. The fourth-order valence-electron chi connectivity index (χ4n) is 3.70. The Labute approximate surface area is 197 Å². The van der Waals surface area contributed by atoms with E-state index in [-0.39, 0.29) is 30.6 Å². The number of hydrazine groups is 1. The molecule has 4 rings (SSSR count). The lowest BCUT2D eigenvalue weighted by Gasteiger charge is -2.17. The minimum Gasteiger partial charge on any atom is -0.490 e. The maximum absolute atomic E-state index is 13.2. The Morgan fingerprint density at radius 3 is 2.53 bits per heavy atom. The van der Waals surface area contributed by atoms with Crippen LogP contribution < -0.4 is 25.2 Å². The van der Waals surface area contributed by atoms with Crippen LogP contribution in [0, 0.1) is 11.7 Å². The molecule has 0 spiro atoms. The van der Waals surface area contributed by atoms with Gasteiger partial charge in [0.15, 0.2) is 11.5 Å². The second-order valence-electron chi connectivity index (χ2n) is 7.86. The molecule has 1 heterocycles. The average molecular weight is 464 g/mol. The van der Waals surface area contributed by atoms with Crippen LogP contribution in [0.15, 0.2) is 72.8 Å². The molecular weight excluding hydrogens is 437 g/mol. The van der Waals surface area contributed by atoms with Crippen molar-refractivity contribution in [2.24, 2.45) is 5.92 Å². The molecular formula is C26H26FN3O4. The topological polar surface area (TPSA) is 79.9 Å². The first-order valence-corrected chi connectivity index (χ1v) is 11.1. The second kappa shape index (κ2) is 10.7. The second-order valence-corrected chi connectivity index (χ2v) is 7.86. The highest BCUT2D eigenvalue weighted by atomic mass is 19.1. The van der Waals surface area contributed by atoms with E-state index >= 15 is 0 Å². The van der Waals surface area contributed by atoms with Crippen LogP contribution in [0.5, 0.6) is 11.5 Å². The van der Waals surface area contributed by atoms with Gasteiger partial charge in [0, 0.05) is 24.7 Å². The fourth-order valence-corrected chi connectivity index (χ4v) is 3.70. The highest BCUT2D eigenvalue weighted by molar-refractivity contribution is 6.00. The van der Waals surface area contributed by atoms with E-state index in [4.69, 9.17) is 9.47 Å². The molecule has 1 atom stereocenters. The molecule has 1 aliphatic heterocycles. The van der Waals surface area contributed by atoms with E-state index < -0.39 is 5.92 Å². The van der Waals surface area contributed by atoms with Crippen molar-refractivity contribution < 1.29 is 23.5 Å². The van der Waals surface area contributed by atoms with E-state index in [1.54, 1.807) is 18.2 Å². The number of hydrogen-bond acceptors (Lipinski definition) is 5. The van der Waals surface area contributed by atoms with Gasteiger partial charge in [0.05, 0.1) is 18.2 Å². The zero-order valence-electron chi connectivity index (χ0n) is 18.8. The molecule has 3 aromatic rings. The van der Waals surface area contributed by atoms with Crippen molar-refractivity contribution in [2.45, 2.75) is 20.0 Å². The molecule has 7 nitrogen and oxygen atoms in total. The Hall–Kier alpha value is -4.07. The lowest BCUT2D eigenvalue weighted by Crippen LogP contribution is -2.36. The summed E-state index contributed by atoms with van der Waals surface area (Å²) in [6.07, 6.45) is 0.0847. The van der Waals surface area contributed by atoms with Crippen molar-refractivity contribution in [3.05, 3.63) is 84.2 Å². The first-order valence-electron chi connectivity index (χ1n) is 11.1. The van der Waals surface area contributed by atoms with Gasteiger partial charge in [0.25, 0.3) is 0 Å². The molecule has 0 aromatic heterocycles. The largest absolute Gasteiger partial charge is 0.490 e. The summed E-state index contributed by atoms with van der Waals surface area (Å²) in [4.78, 5) is 26.5. The standard InChI is InChI=1S/C26H26FN3O4/c1-2-33-24-15-21(10-13-23(24)34-17-18-6-4-3-5-7-18)28-29-26(32)19-14-25(31)30(16-19)22-11-8-20(27)9-12-22/h3-13,15,19,28H,2,14,16-17H2,1H3,(H,29,32)/t19-/m0/s1. The quantitative estimate of drug-likeness (QED) is 0.463. The monoisotopic (exact) mass is 463 g/mol. The highest BCUT2D eigenvalue weighted by Crippen LogP contribution is 2.31. The maximum atomic E-state index is 13.2. The molecule has 0 saturated carbocycles. The Morgan fingerprint density at radius 2 is 1.79 bits per heavy atom. The summed E-state index contributed by atoms with van der Waals surface area (Å²) < 4.78 is 24.8. The molecule has 2 amide bonds. The Kier molecular flexibility index (Phi) is 7.27. The summed E-state index contributed by atoms with van der Waals surface area (Å²) in [5.41, 5.74) is 7.78. The van der Waals surface area contributed by atoms with E-state index in [0.717, 1.165) is 5.56 Å². The van der Waals surface area contributed by atoms with Gasteiger partial charge in [-0.25, -0.2) is 4.39 Å². The molecule has 176 valence electrons. The van der Waals surface area contributed by atoms with E-state index in [2.05, 4.69) is 10.9 Å². The van der Waals surface area contributed by atoms with Crippen molar-refractivity contribution >= 4 is 23.2 Å². The van der Waals surface area contributed by atoms with Crippen molar-refractivity contribution in [3.8, 4) is 11.5 Å². The summed E-state index contributed by atoms with van der Waals surface area (Å²) >= 11 is 0. The molecule has 0 bridgehead atoms. The number of carbonyl (C=O) groups excluding carboxylic acids is 2. The number of amides is 2. The van der Waals surface area contributed by atoms with Gasteiger partial charge in [-0.05, 0) is 48.9 Å². The Bertz CT molecular complexity index is 1140. The molecule has 2 N–H and O–H groups in total. The third-order valence-corrected chi connectivity index (χ3v) is 5.44. The number of halogens is 1. The molecule has 1 fully saturated rings. The van der Waals surface area contributed by atoms with Gasteiger partial charge in [0.1, 0.15) is 12.4 Å². The van der Waals surface area contributed by atoms with Crippen LogP contribution in [-0.2, 0) is 16.2 Å². The summed E-state index contributed by atoms with van der Waals surface area (Å²) in [5, 5.41) is 0. The molecule has 8 heteroatoms. The fraction of sp³-hybridized carbons (Fsp3) is 0.231. The number of nitrogens with zero attached hydrogens (tertiary/aromatic N) is 1. The smallest absolute Gasteiger partial charge is 0.243 e. The lowest BCUT2D eigenvalue weighted by molar-refractivity contribution is -0.125. The van der Waals surface area contributed by atoms with E-state index in [0.29, 0.717) is 36.1 Å². The third-order valence-electron chi connectivity index (χ3n) is 5.44. The van der Waals surface area contributed by atoms with E-state index in [1.807, 2.05) is 37.3 Å². The van der Waals surface area contributed by atoms with Crippen LogP contribution in [0.3, 0.4) is 0 Å². The molecule has 0 unspecified atom stereocenters. The number of ether oxygens (including phenoxy) is 2. The third kappa shape index (κ3) is 5.64. The zero-order valence-corrected chi connectivity index (χ0v) is 18.8. The maximum Gasteiger partial charge on any atom is 0.243 e. The van der Waals surface area contributed by atoms with Crippen molar-refractivity contribution in [1.82, 2.24) is 5.43 Å². The SMILES string of the molecule is CCOc1cc(NNC(=O)[C@H]2CC(=O)N(c3ccc(F)cc3)C2)ccc1OCc1ccccc1. The van der Waals surface area contributed by atoms with Crippen LogP contribution >= 0.6 is 0 Å². The average Bonchev–Trinajstić information content (AvgIpc) is 3.25. The van der Waals surface area contributed by atoms with E-state index in [9.17, 15) is 14.0 Å². The first kappa shape index (κ1) is 23.1. The summed E-state index contributed by atoms with van der Waals surface area (Å²) in [5.74, 6) is -0.234. The highest BCUT2D eigenvalue weighted by Gasteiger charge is 2.35. The summed E-state index contributed by atoms with van der Waals surface area (Å²) in [6, 6.07) is 20.8. The molecule has 0 aliphatic carbocycles. The minimum absolute atomic E-state index is 0.0847. The summed E-state index contributed by atoms with van der Waals surface area (Å²) in [6.45, 7) is 2.98. The molecule has 1 aliphatic rings. The number of benzene rings is 3. The predicted molar refractivity (Wildman–Crippen MR) is 127 cm³/mol. The van der Waals surface area contributed by atoms with Crippen LogP contribution in [0.2, 0.25) is 0 Å². The van der Waals surface area contributed by atoms with Gasteiger partial charge >= 0.3 is 0 Å². The van der Waals surface area contributed by atoms with Gasteiger partial charge in [-0.15, -0.1) is 0 Å². The van der Waals surface area contributed by atoms with Gasteiger partial charge in [-0.1, -0.05) is 30.3 Å². The van der Waals surface area contributed by atoms with Gasteiger partial charge in [0.2, 0.25) is 11.8 Å². The van der Waals surface area contributed by atoms with Crippen LogP contribution in [-0.4, -0.2) is 25.0 Å². The van der Waals surface area contributed by atoms with Crippen LogP contribution in [0.1, 0.15) is 18.9 Å². The van der Waals surface area contributed by atoms with Gasteiger partial charge < -0.3 is 14.4 Å². The number of anilines is 2. The molecule has 3 aromatic carbocycles. The van der Waals surface area contributed by atoms with Crippen molar-refractivity contribution in [2.75, 3.05) is 23.5 Å². The normalized spacial score (nSPS) is 15.2. The molecule has 0 radical (unpaired) electrons. The van der Waals surface area contributed by atoms with Crippen molar-refractivity contribution in [1.29, 1.82) is 0 Å².